The standard InChI is InChI=1S/C25H31NO5/c1-5-28-22-13-16-9-10-26-15-19-17(11-20(26)18(16)14-23(22)29-6-2)12-21(27)25(31-8-4)24(19)30-7-3/h11-14,27H,5-10,15H2,1-4H3/p+1. The van der Waals surface area contributed by atoms with Gasteiger partial charge in [0.1, 0.15) is 12.2 Å². The van der Waals surface area contributed by atoms with Crippen LogP contribution in [0.2, 0.25) is 0 Å². The van der Waals surface area contributed by atoms with Crippen molar-refractivity contribution in [1.82, 2.24) is 0 Å². The first-order valence-corrected chi connectivity index (χ1v) is 11.2. The van der Waals surface area contributed by atoms with Gasteiger partial charge < -0.3 is 24.1 Å². The first-order chi connectivity index (χ1) is 15.1. The van der Waals surface area contributed by atoms with Crippen molar-refractivity contribution in [1.29, 1.82) is 0 Å². The van der Waals surface area contributed by atoms with E-state index in [4.69, 9.17) is 18.9 Å². The number of fused-ring (bicyclic) bond motifs is 4. The molecule has 0 amide bonds. The van der Waals surface area contributed by atoms with Gasteiger partial charge in [0.05, 0.1) is 38.5 Å². The van der Waals surface area contributed by atoms with Crippen LogP contribution in [0.4, 0.5) is 0 Å². The van der Waals surface area contributed by atoms with Crippen molar-refractivity contribution in [3.63, 3.8) is 0 Å². The van der Waals surface area contributed by atoms with Crippen molar-refractivity contribution < 1.29 is 29.0 Å². The molecule has 6 nitrogen and oxygen atoms in total. The van der Waals surface area contributed by atoms with Gasteiger partial charge in [-0.05, 0) is 57.0 Å². The molecule has 31 heavy (non-hydrogen) atoms. The zero-order valence-electron chi connectivity index (χ0n) is 18.8. The molecule has 2 aliphatic heterocycles. The molecule has 2 aromatic rings. The summed E-state index contributed by atoms with van der Waals surface area (Å²) >= 11 is 0. The molecule has 6 heteroatoms. The summed E-state index contributed by atoms with van der Waals surface area (Å²) in [6.07, 6.45) is 3.13. The number of nitrogens with one attached hydrogen (secondary N) is 1. The van der Waals surface area contributed by atoms with E-state index in [9.17, 15) is 5.11 Å². The number of hydrogen-bond donors (Lipinski definition) is 2. The first kappa shape index (κ1) is 21.4. The maximum Gasteiger partial charge on any atom is 0.203 e. The average molecular weight is 427 g/mol. The molecule has 0 radical (unpaired) electrons. The average Bonchev–Trinajstić information content (AvgIpc) is 2.76. The molecule has 1 atom stereocenters. The third kappa shape index (κ3) is 3.92. The van der Waals surface area contributed by atoms with Crippen LogP contribution >= 0.6 is 0 Å². The summed E-state index contributed by atoms with van der Waals surface area (Å²) in [7, 11) is 0. The number of hydrogen-bond acceptors (Lipinski definition) is 5. The first-order valence-electron chi connectivity index (χ1n) is 11.2. The molecule has 1 unspecified atom stereocenters. The van der Waals surface area contributed by atoms with E-state index in [1.807, 2.05) is 27.7 Å². The fraction of sp³-hybridized carbons (Fsp3) is 0.440. The van der Waals surface area contributed by atoms with Gasteiger partial charge in [0, 0.05) is 18.1 Å². The molecule has 2 N–H and O–H groups in total. The van der Waals surface area contributed by atoms with E-state index in [2.05, 4.69) is 18.2 Å². The SMILES string of the molecule is CCOc1cc2c(cc1OCC)C1=Cc3cc(O)c(OCC)c(OCC)c3C[NH+]1CC2. The maximum atomic E-state index is 10.6. The number of phenolic OH excluding ortho intramolecular Hbond substituents is 1. The molecule has 0 saturated heterocycles. The Bertz CT molecular complexity index is 998. The lowest BCUT2D eigenvalue weighted by molar-refractivity contribution is -0.841. The van der Waals surface area contributed by atoms with Crippen LogP contribution < -0.4 is 23.8 Å². The largest absolute Gasteiger partial charge is 0.504 e. The van der Waals surface area contributed by atoms with Crippen molar-refractivity contribution in [2.75, 3.05) is 33.0 Å². The minimum Gasteiger partial charge on any atom is -0.504 e. The number of benzene rings is 2. The summed E-state index contributed by atoms with van der Waals surface area (Å²) in [6.45, 7) is 11.8. The van der Waals surface area contributed by atoms with Gasteiger partial charge in [-0.25, -0.2) is 0 Å². The summed E-state index contributed by atoms with van der Waals surface area (Å²) in [5.74, 6) is 2.80. The lowest BCUT2D eigenvalue weighted by Crippen LogP contribution is -3.09. The summed E-state index contributed by atoms with van der Waals surface area (Å²) in [4.78, 5) is 1.38. The second-order valence-electron chi connectivity index (χ2n) is 7.65. The molecule has 0 fully saturated rings. The van der Waals surface area contributed by atoms with Crippen LogP contribution in [0.25, 0.3) is 11.8 Å². The fourth-order valence-electron chi connectivity index (χ4n) is 4.52. The van der Waals surface area contributed by atoms with Gasteiger partial charge in [-0.2, -0.15) is 0 Å². The Balaban J connectivity index is 1.84. The van der Waals surface area contributed by atoms with Crippen LogP contribution in [-0.2, 0) is 13.0 Å². The lowest BCUT2D eigenvalue weighted by Gasteiger charge is -2.33. The van der Waals surface area contributed by atoms with E-state index in [-0.39, 0.29) is 5.75 Å². The summed E-state index contributed by atoms with van der Waals surface area (Å²) in [5, 5.41) is 10.6. The van der Waals surface area contributed by atoms with Gasteiger partial charge >= 0.3 is 0 Å². The van der Waals surface area contributed by atoms with Crippen LogP contribution in [0.3, 0.4) is 0 Å². The second kappa shape index (κ2) is 9.10. The molecule has 0 aromatic heterocycles. The zero-order valence-corrected chi connectivity index (χ0v) is 18.8. The third-order valence-corrected chi connectivity index (χ3v) is 5.76. The number of rotatable bonds is 8. The molecule has 0 saturated carbocycles. The third-order valence-electron chi connectivity index (χ3n) is 5.76. The fourth-order valence-corrected chi connectivity index (χ4v) is 4.52. The summed E-state index contributed by atoms with van der Waals surface area (Å²) < 4.78 is 23.4. The molecule has 0 bridgehead atoms. The molecular weight excluding hydrogens is 394 g/mol. The molecule has 166 valence electrons. The van der Waals surface area contributed by atoms with E-state index in [0.717, 1.165) is 42.1 Å². The predicted molar refractivity (Wildman–Crippen MR) is 120 cm³/mol. The normalized spacial score (nSPS) is 16.5. The van der Waals surface area contributed by atoms with Crippen LogP contribution in [0.5, 0.6) is 28.7 Å². The highest BCUT2D eigenvalue weighted by molar-refractivity contribution is 5.83. The number of aromatic hydroxyl groups is 1. The van der Waals surface area contributed by atoms with Gasteiger partial charge in [0.25, 0.3) is 0 Å². The van der Waals surface area contributed by atoms with E-state index < -0.39 is 0 Å². The van der Waals surface area contributed by atoms with Crippen molar-refractivity contribution in [3.8, 4) is 28.7 Å². The Hall–Kier alpha value is -2.86. The molecule has 2 aliphatic rings. The molecule has 2 heterocycles. The highest BCUT2D eigenvalue weighted by Crippen LogP contribution is 2.44. The number of ether oxygens (including phenoxy) is 4. The van der Waals surface area contributed by atoms with Gasteiger partial charge in [-0.15, -0.1) is 0 Å². The summed E-state index contributed by atoms with van der Waals surface area (Å²) in [6, 6.07) is 6.02. The highest BCUT2D eigenvalue weighted by atomic mass is 16.5. The molecule has 2 aromatic carbocycles. The van der Waals surface area contributed by atoms with Gasteiger partial charge in [-0.3, -0.25) is 4.90 Å². The minimum absolute atomic E-state index is 0.113. The Morgan fingerprint density at radius 1 is 0.839 bits per heavy atom. The van der Waals surface area contributed by atoms with Crippen LogP contribution in [0.1, 0.15) is 49.9 Å². The van der Waals surface area contributed by atoms with E-state index >= 15 is 0 Å². The number of phenols is 1. The Labute approximate surface area is 184 Å². The van der Waals surface area contributed by atoms with Gasteiger partial charge in [-0.1, -0.05) is 0 Å². The van der Waals surface area contributed by atoms with Crippen molar-refractivity contribution in [2.45, 2.75) is 40.7 Å². The smallest absolute Gasteiger partial charge is 0.203 e. The lowest BCUT2D eigenvalue weighted by atomic mass is 9.90. The second-order valence-corrected chi connectivity index (χ2v) is 7.65. The molecule has 4 rings (SSSR count). The quantitative estimate of drug-likeness (QED) is 0.677. The van der Waals surface area contributed by atoms with Crippen LogP contribution in [0, 0.1) is 0 Å². The predicted octanol–water partition coefficient (Wildman–Crippen LogP) is 3.44. The maximum absolute atomic E-state index is 10.6. The van der Waals surface area contributed by atoms with Crippen molar-refractivity contribution >= 4 is 11.8 Å². The Morgan fingerprint density at radius 2 is 1.48 bits per heavy atom. The van der Waals surface area contributed by atoms with Crippen molar-refractivity contribution in [2.24, 2.45) is 0 Å². The van der Waals surface area contributed by atoms with E-state index in [1.54, 1.807) is 6.07 Å². The zero-order chi connectivity index (χ0) is 22.0. The van der Waals surface area contributed by atoms with E-state index in [1.165, 1.54) is 21.7 Å². The minimum atomic E-state index is 0.113. The van der Waals surface area contributed by atoms with Gasteiger partial charge in [0.15, 0.2) is 23.0 Å². The van der Waals surface area contributed by atoms with Crippen molar-refractivity contribution in [3.05, 3.63) is 40.5 Å². The molecule has 0 spiro atoms. The number of quaternary nitrogens is 1. The molecular formula is C25H32NO5+. The Kier molecular flexibility index (Phi) is 6.28. The molecule has 0 aliphatic carbocycles. The van der Waals surface area contributed by atoms with Crippen LogP contribution in [-0.4, -0.2) is 38.1 Å². The monoisotopic (exact) mass is 426 g/mol. The highest BCUT2D eigenvalue weighted by Gasteiger charge is 2.34. The Morgan fingerprint density at radius 3 is 2.16 bits per heavy atom. The van der Waals surface area contributed by atoms with E-state index in [0.29, 0.717) is 37.9 Å². The topological polar surface area (TPSA) is 61.6 Å². The van der Waals surface area contributed by atoms with Gasteiger partial charge in [0.2, 0.25) is 5.75 Å². The van der Waals surface area contributed by atoms with Crippen LogP contribution in [0.15, 0.2) is 18.2 Å². The summed E-state index contributed by atoms with van der Waals surface area (Å²) in [5.41, 5.74) is 5.73.